The van der Waals surface area contributed by atoms with E-state index in [1.165, 1.54) is 31.4 Å². The summed E-state index contributed by atoms with van der Waals surface area (Å²) in [7, 11) is 1.19. The van der Waals surface area contributed by atoms with Gasteiger partial charge in [0.05, 0.1) is 13.2 Å². The molecule has 2 atom stereocenters. The van der Waals surface area contributed by atoms with Crippen LogP contribution < -0.4 is 11.1 Å². The number of nitrogens with two attached hydrogens (primary N) is 1. The third kappa shape index (κ3) is 4.71. The molecule has 5 N–H and O–H groups in total. The number of aromatic hydroxyl groups is 2. The highest BCUT2D eigenvalue weighted by atomic mass is 16.5. The molecular weight excluding hydrogens is 324 g/mol. The number of carbonyl (C=O) groups excluding carboxylic acids is 2. The summed E-state index contributed by atoms with van der Waals surface area (Å²) in [6.45, 7) is 0. The van der Waals surface area contributed by atoms with Gasteiger partial charge >= 0.3 is 5.97 Å². The molecule has 1 amide bonds. The molecule has 0 saturated heterocycles. The van der Waals surface area contributed by atoms with E-state index in [4.69, 9.17) is 10.5 Å². The van der Waals surface area contributed by atoms with Gasteiger partial charge in [0.1, 0.15) is 11.5 Å². The summed E-state index contributed by atoms with van der Waals surface area (Å²) in [6.07, 6.45) is 0.223. The first kappa shape index (κ1) is 18.3. The molecule has 2 aromatic rings. The lowest BCUT2D eigenvalue weighted by Gasteiger charge is -2.20. The van der Waals surface area contributed by atoms with Crippen LogP contribution in [0.25, 0.3) is 0 Å². The Kier molecular flexibility index (Phi) is 5.97. The number of phenolic OH excluding ortho intramolecular Hbond substituents is 2. The molecular formula is C18H20N2O5. The molecule has 0 saturated carbocycles. The number of rotatable bonds is 6. The van der Waals surface area contributed by atoms with Crippen LogP contribution in [0.2, 0.25) is 0 Å². The topological polar surface area (TPSA) is 122 Å². The molecule has 0 fully saturated rings. The first-order chi connectivity index (χ1) is 11.9. The zero-order valence-corrected chi connectivity index (χ0v) is 13.7. The summed E-state index contributed by atoms with van der Waals surface area (Å²) in [5.41, 5.74) is 6.89. The Hall–Kier alpha value is -3.06. The molecule has 0 aliphatic heterocycles. The maximum absolute atomic E-state index is 12.4. The lowest BCUT2D eigenvalue weighted by molar-refractivity contribution is -0.145. The van der Waals surface area contributed by atoms with Crippen molar-refractivity contribution in [1.82, 2.24) is 5.32 Å². The molecule has 7 heteroatoms. The zero-order chi connectivity index (χ0) is 18.4. The number of hydrogen-bond donors (Lipinski definition) is 4. The fourth-order valence-electron chi connectivity index (χ4n) is 2.34. The van der Waals surface area contributed by atoms with Gasteiger partial charge in [-0.25, -0.2) is 4.79 Å². The Morgan fingerprint density at radius 3 is 2.36 bits per heavy atom. The number of para-hydroxylation sites is 1. The molecule has 0 heterocycles. The number of esters is 1. The average Bonchev–Trinajstić information content (AvgIpc) is 2.61. The van der Waals surface area contributed by atoms with Gasteiger partial charge in [-0.05, 0) is 30.2 Å². The number of methoxy groups -OCH3 is 1. The fourth-order valence-corrected chi connectivity index (χ4v) is 2.34. The van der Waals surface area contributed by atoms with E-state index >= 15 is 0 Å². The Labute approximate surface area is 145 Å². The van der Waals surface area contributed by atoms with Gasteiger partial charge in [0, 0.05) is 5.56 Å². The molecule has 0 aliphatic rings. The van der Waals surface area contributed by atoms with Crippen molar-refractivity contribution in [2.24, 2.45) is 5.73 Å². The summed E-state index contributed by atoms with van der Waals surface area (Å²) < 4.78 is 4.70. The van der Waals surface area contributed by atoms with Crippen LogP contribution in [0.4, 0.5) is 0 Å². The van der Waals surface area contributed by atoms with E-state index in [0.717, 1.165) is 5.56 Å². The Morgan fingerprint density at radius 1 is 1.12 bits per heavy atom. The van der Waals surface area contributed by atoms with Crippen LogP contribution in [0.3, 0.4) is 0 Å². The van der Waals surface area contributed by atoms with Gasteiger partial charge in [-0.3, -0.25) is 4.79 Å². The van der Waals surface area contributed by atoms with Crippen LogP contribution in [0.1, 0.15) is 17.2 Å². The van der Waals surface area contributed by atoms with Crippen molar-refractivity contribution in [2.45, 2.75) is 18.5 Å². The number of carbonyl (C=O) groups is 2. The summed E-state index contributed by atoms with van der Waals surface area (Å²) in [6, 6.07) is 10.4. The quantitative estimate of drug-likeness (QED) is 0.580. The van der Waals surface area contributed by atoms with Gasteiger partial charge in [0.25, 0.3) is 0 Å². The van der Waals surface area contributed by atoms with Gasteiger partial charge in [0.15, 0.2) is 6.04 Å². The molecule has 132 valence electrons. The van der Waals surface area contributed by atoms with Crippen molar-refractivity contribution >= 4 is 11.9 Å². The first-order valence-electron chi connectivity index (χ1n) is 7.62. The van der Waals surface area contributed by atoms with Crippen molar-refractivity contribution in [2.75, 3.05) is 7.11 Å². The van der Waals surface area contributed by atoms with E-state index in [1.807, 2.05) is 0 Å². The smallest absolute Gasteiger partial charge is 0.333 e. The van der Waals surface area contributed by atoms with E-state index in [0.29, 0.717) is 0 Å². The minimum Gasteiger partial charge on any atom is -0.508 e. The molecule has 0 spiro atoms. The lowest BCUT2D eigenvalue weighted by atomic mass is 10.0. The maximum Gasteiger partial charge on any atom is 0.333 e. The van der Waals surface area contributed by atoms with Gasteiger partial charge in [0.2, 0.25) is 5.91 Å². The van der Waals surface area contributed by atoms with Crippen molar-refractivity contribution < 1.29 is 24.5 Å². The summed E-state index contributed by atoms with van der Waals surface area (Å²) in [5, 5.41) is 21.7. The van der Waals surface area contributed by atoms with Crippen LogP contribution in [0.15, 0.2) is 48.5 Å². The van der Waals surface area contributed by atoms with Gasteiger partial charge in [-0.1, -0.05) is 30.3 Å². The molecule has 0 aromatic heterocycles. The Morgan fingerprint density at radius 2 is 1.76 bits per heavy atom. The fraction of sp³-hybridized carbons (Fsp3) is 0.222. The van der Waals surface area contributed by atoms with Crippen molar-refractivity contribution in [3.8, 4) is 11.5 Å². The van der Waals surface area contributed by atoms with E-state index in [1.54, 1.807) is 24.3 Å². The zero-order valence-electron chi connectivity index (χ0n) is 13.7. The molecule has 7 nitrogen and oxygen atoms in total. The SMILES string of the molecule is COC(=O)[C@H](NC(=O)[C@@H](N)Cc1ccc(O)cc1)c1ccccc1O. The minimum absolute atomic E-state index is 0.118. The predicted molar refractivity (Wildman–Crippen MR) is 90.8 cm³/mol. The van der Waals surface area contributed by atoms with Crippen molar-refractivity contribution in [3.05, 3.63) is 59.7 Å². The normalized spacial score (nSPS) is 12.9. The van der Waals surface area contributed by atoms with Gasteiger partial charge in [-0.15, -0.1) is 0 Å². The van der Waals surface area contributed by atoms with E-state index in [9.17, 15) is 19.8 Å². The molecule has 0 aliphatic carbocycles. The molecule has 0 radical (unpaired) electrons. The molecule has 0 unspecified atom stereocenters. The van der Waals surface area contributed by atoms with Gasteiger partial charge < -0.3 is 26.0 Å². The number of ether oxygens (including phenoxy) is 1. The highest BCUT2D eigenvalue weighted by Crippen LogP contribution is 2.24. The number of nitrogens with one attached hydrogen (secondary N) is 1. The number of benzene rings is 2. The van der Waals surface area contributed by atoms with Crippen molar-refractivity contribution in [1.29, 1.82) is 0 Å². The average molecular weight is 344 g/mol. The predicted octanol–water partition coefficient (Wildman–Crippen LogP) is 0.998. The standard InChI is InChI=1S/C18H20N2O5/c1-25-18(24)16(13-4-2-3-5-15(13)22)20-17(23)14(19)10-11-6-8-12(21)9-7-11/h2-9,14,16,21-22H,10,19H2,1H3,(H,20,23)/t14-,16+/m0/s1. The highest BCUT2D eigenvalue weighted by Gasteiger charge is 2.28. The second-order valence-electron chi connectivity index (χ2n) is 5.50. The van der Waals surface area contributed by atoms with E-state index in [-0.39, 0.29) is 23.5 Å². The Bertz CT molecular complexity index is 745. The summed E-state index contributed by atoms with van der Waals surface area (Å²) >= 11 is 0. The highest BCUT2D eigenvalue weighted by molar-refractivity contribution is 5.88. The van der Waals surface area contributed by atoms with E-state index < -0.39 is 24.0 Å². The largest absolute Gasteiger partial charge is 0.508 e. The van der Waals surface area contributed by atoms with Crippen LogP contribution in [0, 0.1) is 0 Å². The number of amides is 1. The summed E-state index contributed by atoms with van der Waals surface area (Å²) in [4.78, 5) is 24.4. The summed E-state index contributed by atoms with van der Waals surface area (Å²) in [5.74, 6) is -1.30. The van der Waals surface area contributed by atoms with Crippen LogP contribution in [0.5, 0.6) is 11.5 Å². The third-order valence-electron chi connectivity index (χ3n) is 3.70. The van der Waals surface area contributed by atoms with Crippen molar-refractivity contribution in [3.63, 3.8) is 0 Å². The van der Waals surface area contributed by atoms with Gasteiger partial charge in [-0.2, -0.15) is 0 Å². The first-order valence-corrected chi connectivity index (χ1v) is 7.62. The van der Waals surface area contributed by atoms with Crippen LogP contribution in [-0.2, 0) is 20.7 Å². The van der Waals surface area contributed by atoms with Crippen LogP contribution in [-0.4, -0.2) is 35.2 Å². The number of phenols is 2. The third-order valence-corrected chi connectivity index (χ3v) is 3.70. The minimum atomic E-state index is -1.16. The van der Waals surface area contributed by atoms with E-state index in [2.05, 4.69) is 5.32 Å². The second-order valence-corrected chi connectivity index (χ2v) is 5.50. The maximum atomic E-state index is 12.4. The molecule has 2 rings (SSSR count). The monoisotopic (exact) mass is 344 g/mol. The second kappa shape index (κ2) is 8.16. The molecule has 2 aromatic carbocycles. The lowest BCUT2D eigenvalue weighted by Crippen LogP contribution is -2.45. The Balaban J connectivity index is 2.12. The molecule has 0 bridgehead atoms. The molecule has 25 heavy (non-hydrogen) atoms. The van der Waals surface area contributed by atoms with Crippen LogP contribution >= 0.6 is 0 Å². The number of hydrogen-bond acceptors (Lipinski definition) is 6.